The van der Waals surface area contributed by atoms with Crippen molar-refractivity contribution in [1.82, 2.24) is 4.57 Å². The Hall–Kier alpha value is -3.46. The Morgan fingerprint density at radius 2 is 1.71 bits per heavy atom. The van der Waals surface area contributed by atoms with Gasteiger partial charge in [-0.15, -0.1) is 0 Å². The smallest absolute Gasteiger partial charge is 0.416 e. The van der Waals surface area contributed by atoms with E-state index in [1.807, 2.05) is 48.0 Å². The van der Waals surface area contributed by atoms with Gasteiger partial charge in [0.15, 0.2) is 0 Å². The van der Waals surface area contributed by atoms with E-state index < -0.39 is 11.7 Å². The third kappa shape index (κ3) is 4.09. The molecule has 0 bridgehead atoms. The molecule has 0 atom stereocenters. The second kappa shape index (κ2) is 7.65. The molecule has 0 radical (unpaired) electrons. The molecule has 0 amide bonds. The molecule has 0 unspecified atom stereocenters. The molecule has 3 rings (SSSR count). The van der Waals surface area contributed by atoms with E-state index in [0.717, 1.165) is 34.8 Å². The Bertz CT molecular complexity index is 1040. The van der Waals surface area contributed by atoms with Crippen molar-refractivity contribution < 1.29 is 17.9 Å². The van der Waals surface area contributed by atoms with Gasteiger partial charge in [0.2, 0.25) is 0 Å². The molecule has 0 saturated heterocycles. The molecule has 6 heteroatoms. The molecular formula is C22H17F3N2O. The lowest BCUT2D eigenvalue weighted by molar-refractivity contribution is -0.137. The zero-order chi connectivity index (χ0) is 20.3. The number of nitriles is 1. The summed E-state index contributed by atoms with van der Waals surface area (Å²) in [6, 6.07) is 16.1. The van der Waals surface area contributed by atoms with Crippen molar-refractivity contribution in [2.24, 2.45) is 0 Å². The number of alkyl halides is 3. The monoisotopic (exact) mass is 382 g/mol. The van der Waals surface area contributed by atoms with E-state index in [0.29, 0.717) is 11.1 Å². The van der Waals surface area contributed by atoms with Crippen molar-refractivity contribution in [3.8, 4) is 17.5 Å². The minimum absolute atomic E-state index is 0.292. The number of benzene rings is 2. The lowest BCUT2D eigenvalue weighted by Crippen LogP contribution is -2.04. The summed E-state index contributed by atoms with van der Waals surface area (Å²) in [6.45, 7) is 1.94. The van der Waals surface area contributed by atoms with Gasteiger partial charge in [-0.05, 0) is 66.6 Å². The molecule has 2 aromatic carbocycles. The fraction of sp³-hybridized carbons (Fsp3) is 0.136. The van der Waals surface area contributed by atoms with Gasteiger partial charge < -0.3 is 9.30 Å². The van der Waals surface area contributed by atoms with Gasteiger partial charge in [-0.3, -0.25) is 0 Å². The number of halogens is 3. The molecule has 0 aliphatic rings. The van der Waals surface area contributed by atoms with Crippen LogP contribution in [0, 0.1) is 18.3 Å². The summed E-state index contributed by atoms with van der Waals surface area (Å²) in [5.41, 5.74) is 2.66. The lowest BCUT2D eigenvalue weighted by Gasteiger charge is -2.07. The summed E-state index contributed by atoms with van der Waals surface area (Å²) in [5, 5.41) is 9.46. The van der Waals surface area contributed by atoms with Gasteiger partial charge in [0.25, 0.3) is 0 Å². The van der Waals surface area contributed by atoms with Crippen molar-refractivity contribution in [2.45, 2.75) is 13.1 Å². The van der Waals surface area contributed by atoms with Crippen LogP contribution in [0.1, 0.15) is 22.4 Å². The van der Waals surface area contributed by atoms with Crippen LogP contribution in [0.4, 0.5) is 13.2 Å². The number of hydrogen-bond donors (Lipinski definition) is 0. The molecule has 3 aromatic rings. The third-order valence-corrected chi connectivity index (χ3v) is 4.34. The normalized spacial score (nSPS) is 11.9. The lowest BCUT2D eigenvalue weighted by atomic mass is 10.0. The van der Waals surface area contributed by atoms with Crippen molar-refractivity contribution in [3.05, 3.63) is 83.2 Å². The maximum Gasteiger partial charge on any atom is 0.416 e. The average molecular weight is 382 g/mol. The summed E-state index contributed by atoms with van der Waals surface area (Å²) < 4.78 is 45.3. The first kappa shape index (κ1) is 19.3. The minimum atomic E-state index is -4.40. The standard InChI is InChI=1S/C22H17F3N2O/c1-15-11-16(14-27(15)20-7-9-21(28-2)10-8-20)12-18(13-26)17-3-5-19(6-4-17)22(23,24)25/h3-12,14H,1-2H3/b18-12+. The summed E-state index contributed by atoms with van der Waals surface area (Å²) in [5.74, 6) is 0.753. The quantitative estimate of drug-likeness (QED) is 0.529. The third-order valence-electron chi connectivity index (χ3n) is 4.34. The summed E-state index contributed by atoms with van der Waals surface area (Å²) >= 11 is 0. The molecule has 1 heterocycles. The zero-order valence-electron chi connectivity index (χ0n) is 15.3. The Morgan fingerprint density at radius 1 is 1.07 bits per heavy atom. The van der Waals surface area contributed by atoms with E-state index in [-0.39, 0.29) is 0 Å². The predicted octanol–water partition coefficient (Wildman–Crippen LogP) is 5.88. The topological polar surface area (TPSA) is 38.0 Å². The fourth-order valence-electron chi connectivity index (χ4n) is 2.88. The SMILES string of the molecule is COc1ccc(-n2cc(/C=C(\C#N)c3ccc(C(F)(F)F)cc3)cc2C)cc1. The average Bonchev–Trinajstić information content (AvgIpc) is 3.06. The highest BCUT2D eigenvalue weighted by Crippen LogP contribution is 2.30. The molecule has 0 aliphatic heterocycles. The van der Waals surface area contributed by atoms with Crippen molar-refractivity contribution >= 4 is 11.6 Å². The first-order valence-corrected chi connectivity index (χ1v) is 8.44. The van der Waals surface area contributed by atoms with Crippen LogP contribution in [0.2, 0.25) is 0 Å². The van der Waals surface area contributed by atoms with E-state index in [1.54, 1.807) is 13.2 Å². The zero-order valence-corrected chi connectivity index (χ0v) is 15.3. The summed E-state index contributed by atoms with van der Waals surface area (Å²) in [4.78, 5) is 0. The largest absolute Gasteiger partial charge is 0.497 e. The number of hydrogen-bond acceptors (Lipinski definition) is 2. The number of allylic oxidation sites excluding steroid dienone is 1. The molecule has 28 heavy (non-hydrogen) atoms. The summed E-state index contributed by atoms with van der Waals surface area (Å²) in [7, 11) is 1.60. The van der Waals surface area contributed by atoms with Crippen LogP contribution in [0.5, 0.6) is 5.75 Å². The van der Waals surface area contributed by atoms with E-state index in [9.17, 15) is 18.4 Å². The maximum atomic E-state index is 12.7. The van der Waals surface area contributed by atoms with Gasteiger partial charge in [-0.2, -0.15) is 18.4 Å². The van der Waals surface area contributed by atoms with Crippen LogP contribution in [-0.4, -0.2) is 11.7 Å². The molecule has 3 nitrogen and oxygen atoms in total. The number of methoxy groups -OCH3 is 1. The van der Waals surface area contributed by atoms with Crippen LogP contribution in [0.3, 0.4) is 0 Å². The van der Waals surface area contributed by atoms with Crippen LogP contribution in [0.25, 0.3) is 17.3 Å². The van der Waals surface area contributed by atoms with Crippen LogP contribution in [-0.2, 0) is 6.18 Å². The molecule has 0 aliphatic carbocycles. The molecule has 0 spiro atoms. The molecule has 142 valence electrons. The van der Waals surface area contributed by atoms with Gasteiger partial charge in [-0.25, -0.2) is 0 Å². The molecule has 0 N–H and O–H groups in total. The maximum absolute atomic E-state index is 12.7. The first-order chi connectivity index (χ1) is 13.3. The van der Waals surface area contributed by atoms with Crippen LogP contribution in [0.15, 0.2) is 60.8 Å². The van der Waals surface area contributed by atoms with Crippen molar-refractivity contribution in [3.63, 3.8) is 0 Å². The van der Waals surface area contributed by atoms with Crippen molar-refractivity contribution in [2.75, 3.05) is 7.11 Å². The number of aryl methyl sites for hydroxylation is 1. The van der Waals surface area contributed by atoms with Gasteiger partial charge in [0, 0.05) is 17.6 Å². The second-order valence-electron chi connectivity index (χ2n) is 6.23. The van der Waals surface area contributed by atoms with Gasteiger partial charge in [0.1, 0.15) is 5.75 Å². The fourth-order valence-corrected chi connectivity index (χ4v) is 2.88. The highest BCUT2D eigenvalue weighted by Gasteiger charge is 2.30. The van der Waals surface area contributed by atoms with E-state index >= 15 is 0 Å². The van der Waals surface area contributed by atoms with E-state index in [1.165, 1.54) is 12.1 Å². The summed E-state index contributed by atoms with van der Waals surface area (Å²) in [6.07, 6.45) is -0.865. The second-order valence-corrected chi connectivity index (χ2v) is 6.23. The number of nitrogens with zero attached hydrogens (tertiary/aromatic N) is 2. The predicted molar refractivity (Wildman–Crippen MR) is 102 cm³/mol. The van der Waals surface area contributed by atoms with Gasteiger partial charge in [0.05, 0.1) is 24.3 Å². The molecule has 0 saturated carbocycles. The van der Waals surface area contributed by atoms with Crippen molar-refractivity contribution in [1.29, 1.82) is 5.26 Å². The Balaban J connectivity index is 1.92. The highest BCUT2D eigenvalue weighted by molar-refractivity contribution is 5.89. The Labute approximate surface area is 160 Å². The number of rotatable bonds is 4. The van der Waals surface area contributed by atoms with Gasteiger partial charge in [-0.1, -0.05) is 12.1 Å². The van der Waals surface area contributed by atoms with E-state index in [4.69, 9.17) is 4.74 Å². The highest BCUT2D eigenvalue weighted by atomic mass is 19.4. The van der Waals surface area contributed by atoms with Crippen LogP contribution < -0.4 is 4.74 Å². The minimum Gasteiger partial charge on any atom is -0.497 e. The first-order valence-electron chi connectivity index (χ1n) is 8.44. The van der Waals surface area contributed by atoms with Gasteiger partial charge >= 0.3 is 6.18 Å². The van der Waals surface area contributed by atoms with Crippen LogP contribution >= 0.6 is 0 Å². The Morgan fingerprint density at radius 3 is 2.25 bits per heavy atom. The number of ether oxygens (including phenoxy) is 1. The molecule has 1 aromatic heterocycles. The Kier molecular flexibility index (Phi) is 5.27. The number of aromatic nitrogens is 1. The van der Waals surface area contributed by atoms with E-state index in [2.05, 4.69) is 6.07 Å². The molecular weight excluding hydrogens is 365 g/mol. The molecule has 0 fully saturated rings.